The second-order valence-corrected chi connectivity index (χ2v) is 9.37. The van der Waals surface area contributed by atoms with Gasteiger partial charge >= 0.3 is 0 Å². The van der Waals surface area contributed by atoms with E-state index in [1.54, 1.807) is 6.07 Å². The summed E-state index contributed by atoms with van der Waals surface area (Å²) in [5.41, 5.74) is 3.58. The number of nitrogens with zero attached hydrogens (tertiary/aromatic N) is 1. The Labute approximate surface area is 166 Å². The smallest absolute Gasteiger partial charge is 0.155 e. The Balaban J connectivity index is 1.48. The lowest BCUT2D eigenvalue weighted by Gasteiger charge is -2.51. The summed E-state index contributed by atoms with van der Waals surface area (Å²) in [5, 5.41) is 0. The molecule has 0 amide bonds. The van der Waals surface area contributed by atoms with Crippen LogP contribution in [0.4, 0.5) is 4.39 Å². The lowest BCUT2D eigenvalue weighted by molar-refractivity contribution is -0.114. The molecule has 4 aliphatic carbocycles. The van der Waals surface area contributed by atoms with Gasteiger partial charge in [-0.3, -0.25) is 9.78 Å². The molecule has 0 N–H and O–H groups in total. The molecule has 1 aromatic rings. The van der Waals surface area contributed by atoms with E-state index < -0.39 is 0 Å². The topological polar surface area (TPSA) is 30.0 Å². The number of hydrogen-bond donors (Lipinski definition) is 0. The van der Waals surface area contributed by atoms with Crippen molar-refractivity contribution in [1.82, 2.24) is 4.98 Å². The number of carbonyl (C=O) groups excluding carboxylic acids is 1. The van der Waals surface area contributed by atoms with Crippen LogP contribution in [0.3, 0.4) is 0 Å². The summed E-state index contributed by atoms with van der Waals surface area (Å²) in [6.07, 6.45) is 19.5. The minimum absolute atomic E-state index is 0.0830. The van der Waals surface area contributed by atoms with Crippen molar-refractivity contribution in [3.05, 3.63) is 59.7 Å². The molecule has 28 heavy (non-hydrogen) atoms. The molecule has 0 unspecified atom stereocenters. The first kappa shape index (κ1) is 18.0. The Morgan fingerprint density at radius 2 is 2.11 bits per heavy atom. The van der Waals surface area contributed by atoms with Crippen LogP contribution in [0, 0.1) is 34.9 Å². The zero-order valence-corrected chi connectivity index (χ0v) is 16.5. The number of pyridine rings is 1. The number of rotatable bonds is 1. The summed E-state index contributed by atoms with van der Waals surface area (Å²) in [6.45, 7) is 2.37. The third kappa shape index (κ3) is 2.82. The van der Waals surface area contributed by atoms with Crippen LogP contribution in [0.25, 0.3) is 5.57 Å². The minimum Gasteiger partial charge on any atom is -0.295 e. The maximum atomic E-state index is 13.8. The summed E-state index contributed by atoms with van der Waals surface area (Å²) in [7, 11) is 0. The van der Waals surface area contributed by atoms with Gasteiger partial charge in [0.15, 0.2) is 5.78 Å². The van der Waals surface area contributed by atoms with Gasteiger partial charge in [0, 0.05) is 12.6 Å². The average Bonchev–Trinajstić information content (AvgIpc) is 3.01. The van der Waals surface area contributed by atoms with Crippen molar-refractivity contribution in [2.24, 2.45) is 29.1 Å². The van der Waals surface area contributed by atoms with Crippen molar-refractivity contribution in [2.45, 2.75) is 51.9 Å². The molecular weight excluding hydrogens is 349 g/mol. The first-order valence-electron chi connectivity index (χ1n) is 10.8. The highest BCUT2D eigenvalue weighted by molar-refractivity contribution is 5.91. The van der Waals surface area contributed by atoms with E-state index in [2.05, 4.69) is 30.1 Å². The Morgan fingerprint density at radius 3 is 2.96 bits per heavy atom. The van der Waals surface area contributed by atoms with E-state index in [0.29, 0.717) is 35.9 Å². The molecule has 1 fully saturated rings. The maximum absolute atomic E-state index is 13.8. The number of allylic oxidation sites excluding steroid dienone is 6. The third-order valence-electron chi connectivity index (χ3n) is 7.95. The predicted molar refractivity (Wildman–Crippen MR) is 109 cm³/mol. The summed E-state index contributed by atoms with van der Waals surface area (Å²) in [6, 6.07) is 1.64. The van der Waals surface area contributed by atoms with Crippen LogP contribution in [0.2, 0.25) is 0 Å². The van der Waals surface area contributed by atoms with E-state index in [1.807, 2.05) is 12.3 Å². The molecule has 4 aliphatic rings. The van der Waals surface area contributed by atoms with E-state index in [1.165, 1.54) is 30.2 Å². The highest BCUT2D eigenvalue weighted by Gasteiger charge is 2.52. The van der Waals surface area contributed by atoms with Crippen molar-refractivity contribution in [2.75, 3.05) is 0 Å². The summed E-state index contributed by atoms with van der Waals surface area (Å²) in [4.78, 5) is 16.2. The van der Waals surface area contributed by atoms with Crippen molar-refractivity contribution < 1.29 is 9.18 Å². The van der Waals surface area contributed by atoms with Gasteiger partial charge in [-0.25, -0.2) is 4.39 Å². The molecule has 5 rings (SSSR count). The summed E-state index contributed by atoms with van der Waals surface area (Å²) >= 11 is 0. The van der Waals surface area contributed by atoms with Gasteiger partial charge in [0.2, 0.25) is 0 Å². The zero-order valence-electron chi connectivity index (χ0n) is 16.5. The van der Waals surface area contributed by atoms with Crippen LogP contribution in [0.1, 0.15) is 57.4 Å². The standard InChI is InChI=1S/C25H28FNO/c1-25-11-10-21-20-5-3-2-4-19(28)13-16(20)6-7-22(21)24(25)9-8-23(25)17-12-18(26)15-27-14-17/h6-8,12-15,20-22,24H,2-5,9-11H2,1H3/b16-13-/t20-,21-,22-,24+,25-/m1/s1. The van der Waals surface area contributed by atoms with Crippen molar-refractivity contribution in [3.63, 3.8) is 0 Å². The summed E-state index contributed by atoms with van der Waals surface area (Å²) < 4.78 is 13.8. The molecule has 1 saturated carbocycles. The molecule has 5 atom stereocenters. The van der Waals surface area contributed by atoms with Crippen molar-refractivity contribution in [1.29, 1.82) is 0 Å². The number of halogens is 1. The maximum Gasteiger partial charge on any atom is 0.155 e. The fourth-order valence-corrected chi connectivity index (χ4v) is 6.60. The van der Waals surface area contributed by atoms with Gasteiger partial charge in [0.1, 0.15) is 5.82 Å². The number of ketones is 1. The molecule has 2 nitrogen and oxygen atoms in total. The van der Waals surface area contributed by atoms with Crippen molar-refractivity contribution >= 4 is 11.4 Å². The Kier molecular flexibility index (Phi) is 4.37. The van der Waals surface area contributed by atoms with E-state index in [4.69, 9.17) is 0 Å². The second-order valence-electron chi connectivity index (χ2n) is 9.37. The molecule has 3 heteroatoms. The normalized spacial score (nSPS) is 39.0. The van der Waals surface area contributed by atoms with Crippen LogP contribution < -0.4 is 0 Å². The highest BCUT2D eigenvalue weighted by Crippen LogP contribution is 2.62. The van der Waals surface area contributed by atoms with E-state index in [-0.39, 0.29) is 11.2 Å². The molecule has 146 valence electrons. The molecule has 0 radical (unpaired) electrons. The average molecular weight is 378 g/mol. The third-order valence-corrected chi connectivity index (χ3v) is 7.95. The monoisotopic (exact) mass is 377 g/mol. The number of fused-ring (bicyclic) bond motifs is 5. The molecule has 1 heterocycles. The number of hydrogen-bond acceptors (Lipinski definition) is 2. The Hall–Kier alpha value is -2.03. The first-order chi connectivity index (χ1) is 13.6. The largest absolute Gasteiger partial charge is 0.295 e. The second kappa shape index (κ2) is 6.79. The molecule has 0 saturated heterocycles. The first-order valence-corrected chi connectivity index (χ1v) is 10.8. The van der Waals surface area contributed by atoms with Crippen LogP contribution >= 0.6 is 0 Å². The molecule has 1 aromatic heterocycles. The van der Waals surface area contributed by atoms with Gasteiger partial charge in [-0.05, 0) is 90.0 Å². The van der Waals surface area contributed by atoms with E-state index in [9.17, 15) is 9.18 Å². The van der Waals surface area contributed by atoms with Crippen LogP contribution in [0.15, 0.2) is 48.3 Å². The van der Waals surface area contributed by atoms with E-state index in [0.717, 1.165) is 31.2 Å². The fraction of sp³-hybridized carbons (Fsp3) is 0.520. The van der Waals surface area contributed by atoms with E-state index >= 15 is 0 Å². The van der Waals surface area contributed by atoms with Gasteiger partial charge in [-0.1, -0.05) is 31.6 Å². The Morgan fingerprint density at radius 1 is 1.21 bits per heavy atom. The van der Waals surface area contributed by atoms with Gasteiger partial charge in [0.25, 0.3) is 0 Å². The highest BCUT2D eigenvalue weighted by atomic mass is 19.1. The molecular formula is C25H28FNO. The number of carbonyl (C=O) groups is 1. The SMILES string of the molecule is C[C@]12CC[C@H]3[C@@H](C=C/C4=C/C(=O)CCCC[C@H]43)[C@@H]1CC=C2c1cncc(F)c1. The van der Waals surface area contributed by atoms with Gasteiger partial charge < -0.3 is 0 Å². The minimum atomic E-state index is -0.259. The van der Waals surface area contributed by atoms with Crippen LogP contribution in [-0.4, -0.2) is 10.8 Å². The van der Waals surface area contributed by atoms with Crippen LogP contribution in [0.5, 0.6) is 0 Å². The Bertz CT molecular complexity index is 898. The lowest BCUT2D eigenvalue weighted by Crippen LogP contribution is -2.43. The fourth-order valence-electron chi connectivity index (χ4n) is 6.60. The quantitative estimate of drug-likeness (QED) is 0.609. The molecule has 0 aromatic carbocycles. The molecule has 0 bridgehead atoms. The summed E-state index contributed by atoms with van der Waals surface area (Å²) in [5.74, 6) is 2.31. The predicted octanol–water partition coefficient (Wildman–Crippen LogP) is 5.91. The molecule has 0 spiro atoms. The molecule has 0 aliphatic heterocycles. The lowest BCUT2D eigenvalue weighted by atomic mass is 9.53. The van der Waals surface area contributed by atoms with Gasteiger partial charge in [-0.2, -0.15) is 0 Å². The number of aromatic nitrogens is 1. The van der Waals surface area contributed by atoms with Gasteiger partial charge in [-0.15, -0.1) is 0 Å². The van der Waals surface area contributed by atoms with Gasteiger partial charge in [0.05, 0.1) is 6.20 Å². The van der Waals surface area contributed by atoms with Crippen LogP contribution in [-0.2, 0) is 4.79 Å². The zero-order chi connectivity index (χ0) is 19.3. The van der Waals surface area contributed by atoms with Crippen molar-refractivity contribution in [3.8, 4) is 0 Å².